The van der Waals surface area contributed by atoms with Crippen LogP contribution < -0.4 is 0 Å². The van der Waals surface area contributed by atoms with E-state index in [1.54, 1.807) is 11.3 Å². The molecule has 0 bridgehead atoms. The van der Waals surface area contributed by atoms with Gasteiger partial charge in [-0.1, -0.05) is 31.9 Å². The molecule has 0 amide bonds. The molecule has 1 aromatic carbocycles. The first kappa shape index (κ1) is 10.6. The summed E-state index contributed by atoms with van der Waals surface area (Å²) in [5, 5.41) is 11.1. The molecule has 0 unspecified atom stereocenters. The van der Waals surface area contributed by atoms with Gasteiger partial charge in [0.1, 0.15) is 0 Å². The van der Waals surface area contributed by atoms with Crippen LogP contribution >= 0.6 is 43.2 Å². The molecule has 0 radical (unpaired) electrons. The lowest BCUT2D eigenvalue weighted by molar-refractivity contribution is 0.285. The molecule has 0 saturated heterocycles. The van der Waals surface area contributed by atoms with Gasteiger partial charge in [0.15, 0.2) is 0 Å². The number of fused-ring (bicyclic) bond motifs is 1. The van der Waals surface area contributed by atoms with E-state index in [1.165, 1.54) is 15.6 Å². The van der Waals surface area contributed by atoms with Crippen LogP contribution in [0.3, 0.4) is 0 Å². The maximum absolute atomic E-state index is 9.06. The van der Waals surface area contributed by atoms with E-state index in [0.29, 0.717) is 0 Å². The van der Waals surface area contributed by atoms with Gasteiger partial charge in [-0.15, -0.1) is 11.3 Å². The third-order valence-corrected chi connectivity index (χ3v) is 4.17. The van der Waals surface area contributed by atoms with E-state index in [9.17, 15) is 0 Å². The second kappa shape index (κ2) is 4.31. The summed E-state index contributed by atoms with van der Waals surface area (Å²) in [6, 6.07) is 6.25. The van der Waals surface area contributed by atoms with Crippen molar-refractivity contribution in [1.82, 2.24) is 0 Å². The topological polar surface area (TPSA) is 20.2 Å². The number of benzene rings is 1. The molecule has 0 aliphatic carbocycles. The molecule has 74 valence electrons. The molecular formula is C10H8Br2OS. The molecular weight excluding hydrogens is 328 g/mol. The van der Waals surface area contributed by atoms with Crippen LogP contribution in [0.2, 0.25) is 0 Å². The molecule has 0 saturated carbocycles. The van der Waals surface area contributed by atoms with Crippen LogP contribution in [0.25, 0.3) is 10.1 Å². The molecule has 0 aliphatic heterocycles. The number of aliphatic hydroxyl groups excluding tert-OH is 1. The molecule has 4 heteroatoms. The fourth-order valence-corrected chi connectivity index (χ4v) is 3.55. The standard InChI is InChI=1S/C10H8Br2OS/c11-4-6-1-7(12)2-10-9(6)3-8(5-13)14-10/h1-3,13H,4-5H2. The van der Waals surface area contributed by atoms with Crippen molar-refractivity contribution in [2.24, 2.45) is 0 Å². The van der Waals surface area contributed by atoms with Gasteiger partial charge >= 0.3 is 0 Å². The Hall–Kier alpha value is 0.1000. The van der Waals surface area contributed by atoms with Crippen molar-refractivity contribution in [3.05, 3.63) is 33.1 Å². The quantitative estimate of drug-likeness (QED) is 0.821. The average Bonchev–Trinajstić information content (AvgIpc) is 2.59. The van der Waals surface area contributed by atoms with Crippen molar-refractivity contribution in [3.8, 4) is 0 Å². The van der Waals surface area contributed by atoms with Crippen LogP contribution in [0.1, 0.15) is 10.4 Å². The summed E-state index contributed by atoms with van der Waals surface area (Å²) in [5.41, 5.74) is 1.25. The zero-order valence-corrected chi connectivity index (χ0v) is 11.2. The molecule has 2 rings (SSSR count). The molecule has 0 atom stereocenters. The summed E-state index contributed by atoms with van der Waals surface area (Å²) in [6.45, 7) is 0.124. The number of rotatable bonds is 2. The van der Waals surface area contributed by atoms with E-state index in [4.69, 9.17) is 5.11 Å². The monoisotopic (exact) mass is 334 g/mol. The predicted molar refractivity (Wildman–Crippen MR) is 68.1 cm³/mol. The highest BCUT2D eigenvalue weighted by molar-refractivity contribution is 9.10. The van der Waals surface area contributed by atoms with Crippen molar-refractivity contribution >= 4 is 53.3 Å². The van der Waals surface area contributed by atoms with Gasteiger partial charge in [-0.25, -0.2) is 0 Å². The molecule has 0 fully saturated rings. The van der Waals surface area contributed by atoms with Crippen molar-refractivity contribution in [2.75, 3.05) is 0 Å². The van der Waals surface area contributed by atoms with Crippen molar-refractivity contribution in [3.63, 3.8) is 0 Å². The minimum absolute atomic E-state index is 0.124. The van der Waals surface area contributed by atoms with Gasteiger partial charge in [0.05, 0.1) is 6.61 Å². The van der Waals surface area contributed by atoms with Gasteiger partial charge in [-0.3, -0.25) is 0 Å². The van der Waals surface area contributed by atoms with Gasteiger partial charge in [0.25, 0.3) is 0 Å². The van der Waals surface area contributed by atoms with Gasteiger partial charge in [0, 0.05) is 19.4 Å². The maximum atomic E-state index is 9.06. The zero-order chi connectivity index (χ0) is 10.1. The van der Waals surface area contributed by atoms with Crippen LogP contribution in [0.5, 0.6) is 0 Å². The Balaban J connectivity index is 2.71. The summed E-state index contributed by atoms with van der Waals surface area (Å²) in [7, 11) is 0. The Morgan fingerprint density at radius 2 is 2.07 bits per heavy atom. The molecule has 1 nitrogen and oxygen atoms in total. The van der Waals surface area contributed by atoms with Crippen LogP contribution in [0.15, 0.2) is 22.7 Å². The SMILES string of the molecule is OCc1cc2c(CBr)cc(Br)cc2s1. The summed E-state index contributed by atoms with van der Waals surface area (Å²) in [6.07, 6.45) is 0. The summed E-state index contributed by atoms with van der Waals surface area (Å²) in [4.78, 5) is 1.01. The van der Waals surface area contributed by atoms with E-state index in [0.717, 1.165) is 14.7 Å². The van der Waals surface area contributed by atoms with Crippen molar-refractivity contribution in [1.29, 1.82) is 0 Å². The Bertz CT molecular complexity index is 464. The highest BCUT2D eigenvalue weighted by Crippen LogP contribution is 2.32. The van der Waals surface area contributed by atoms with E-state index in [2.05, 4.69) is 50.1 Å². The summed E-state index contributed by atoms with van der Waals surface area (Å²) < 4.78 is 2.31. The van der Waals surface area contributed by atoms with Crippen molar-refractivity contribution in [2.45, 2.75) is 11.9 Å². The Labute approximate surface area is 103 Å². The minimum Gasteiger partial charge on any atom is -0.391 e. The first-order valence-corrected chi connectivity index (χ1v) is 6.85. The van der Waals surface area contributed by atoms with Gasteiger partial charge in [0.2, 0.25) is 0 Å². The zero-order valence-electron chi connectivity index (χ0n) is 7.26. The lowest BCUT2D eigenvalue weighted by atomic mass is 10.1. The fourth-order valence-electron chi connectivity index (χ4n) is 1.42. The minimum atomic E-state index is 0.124. The number of hydrogen-bond acceptors (Lipinski definition) is 2. The second-order valence-corrected chi connectivity index (χ2v) is 5.63. The van der Waals surface area contributed by atoms with Gasteiger partial charge in [-0.05, 0) is 29.1 Å². The molecule has 1 heterocycles. The van der Waals surface area contributed by atoms with Crippen LogP contribution in [-0.2, 0) is 11.9 Å². The number of aliphatic hydroxyl groups is 1. The highest BCUT2D eigenvalue weighted by atomic mass is 79.9. The average molecular weight is 336 g/mol. The lowest BCUT2D eigenvalue weighted by Crippen LogP contribution is -1.78. The largest absolute Gasteiger partial charge is 0.391 e. The first-order valence-electron chi connectivity index (χ1n) is 4.12. The number of halogens is 2. The van der Waals surface area contributed by atoms with Gasteiger partial charge < -0.3 is 5.11 Å². The van der Waals surface area contributed by atoms with E-state index in [-0.39, 0.29) is 6.61 Å². The lowest BCUT2D eigenvalue weighted by Gasteiger charge is -1.99. The smallest absolute Gasteiger partial charge is 0.0774 e. The first-order chi connectivity index (χ1) is 6.74. The van der Waals surface area contributed by atoms with E-state index >= 15 is 0 Å². The Morgan fingerprint density at radius 3 is 2.71 bits per heavy atom. The molecule has 2 aromatic rings. The molecule has 1 N–H and O–H groups in total. The van der Waals surface area contributed by atoms with Gasteiger partial charge in [-0.2, -0.15) is 0 Å². The van der Waals surface area contributed by atoms with E-state index in [1.807, 2.05) is 0 Å². The normalized spacial score (nSPS) is 11.1. The third-order valence-electron chi connectivity index (χ3n) is 2.04. The summed E-state index contributed by atoms with van der Waals surface area (Å²) in [5.74, 6) is 0. The number of thiophene rings is 1. The molecule has 14 heavy (non-hydrogen) atoms. The Morgan fingerprint density at radius 1 is 1.29 bits per heavy atom. The van der Waals surface area contributed by atoms with Crippen LogP contribution in [-0.4, -0.2) is 5.11 Å². The van der Waals surface area contributed by atoms with Crippen LogP contribution in [0.4, 0.5) is 0 Å². The highest BCUT2D eigenvalue weighted by Gasteiger charge is 2.06. The number of alkyl halides is 1. The summed E-state index contributed by atoms with van der Waals surface area (Å²) >= 11 is 8.58. The third kappa shape index (κ3) is 1.89. The predicted octanol–water partition coefficient (Wildman–Crippen LogP) is 4.05. The second-order valence-electron chi connectivity index (χ2n) is 2.98. The molecule has 1 aromatic heterocycles. The van der Waals surface area contributed by atoms with E-state index < -0.39 is 0 Å². The number of hydrogen-bond donors (Lipinski definition) is 1. The molecule has 0 spiro atoms. The van der Waals surface area contributed by atoms with Crippen LogP contribution in [0, 0.1) is 0 Å². The van der Waals surface area contributed by atoms with Crippen molar-refractivity contribution < 1.29 is 5.11 Å². The fraction of sp³-hybridized carbons (Fsp3) is 0.200. The molecule has 0 aliphatic rings. The Kier molecular flexibility index (Phi) is 3.27. The maximum Gasteiger partial charge on any atom is 0.0774 e.